The zero-order valence-electron chi connectivity index (χ0n) is 15.5. The van der Waals surface area contributed by atoms with Crippen LogP contribution in [-0.2, 0) is 15.8 Å². The fourth-order valence-electron chi connectivity index (χ4n) is 4.63. The molecule has 4 rings (SSSR count). The van der Waals surface area contributed by atoms with E-state index in [1.54, 1.807) is 11.0 Å². The van der Waals surface area contributed by atoms with Crippen LogP contribution in [0.5, 0.6) is 0 Å². The van der Waals surface area contributed by atoms with Crippen molar-refractivity contribution in [3.8, 4) is 0 Å². The van der Waals surface area contributed by atoms with Crippen molar-refractivity contribution in [2.24, 2.45) is 5.92 Å². The highest BCUT2D eigenvalue weighted by Crippen LogP contribution is 2.47. The molecule has 3 aliphatic rings. The number of alkyl halides is 3. The summed E-state index contributed by atoms with van der Waals surface area (Å²) in [6.45, 7) is 1.09. The molecule has 2 saturated heterocycles. The third kappa shape index (κ3) is 3.51. The van der Waals surface area contributed by atoms with Crippen molar-refractivity contribution in [1.82, 2.24) is 4.90 Å². The summed E-state index contributed by atoms with van der Waals surface area (Å²) in [6.07, 6.45) is 0.810. The molecule has 8 heteroatoms. The molecule has 2 aliphatic heterocycles. The van der Waals surface area contributed by atoms with Crippen molar-refractivity contribution in [3.63, 3.8) is 0 Å². The first-order valence-corrected chi connectivity index (χ1v) is 10.7. The summed E-state index contributed by atoms with van der Waals surface area (Å²) in [5, 5.41) is 0. The zero-order valence-corrected chi connectivity index (χ0v) is 16.3. The first kappa shape index (κ1) is 19.6. The smallest absolute Gasteiger partial charge is 0.342 e. The van der Waals surface area contributed by atoms with Gasteiger partial charge in [-0.1, -0.05) is 18.9 Å². The predicted octanol–water partition coefficient (Wildman–Crippen LogP) is 4.29. The second-order valence-electron chi connectivity index (χ2n) is 7.82. The molecule has 0 unspecified atom stereocenters. The standard InChI is InChI=1S/C20H23F3N2O2S/c21-20(22,23)15-6-3-7-16(12-15)25-17(26)13-28-19(25)8-10-24(11-9-19)18(27)14-4-1-2-5-14/h3,6-7,12,14H,1-2,4-5,8-11,13H2. The molecule has 1 spiro atoms. The summed E-state index contributed by atoms with van der Waals surface area (Å²) in [6, 6.07) is 4.99. The lowest BCUT2D eigenvalue weighted by molar-refractivity contribution is -0.138. The number of rotatable bonds is 2. The molecule has 152 valence electrons. The Kier molecular flexibility index (Phi) is 5.10. The van der Waals surface area contributed by atoms with Crippen molar-refractivity contribution in [2.75, 3.05) is 23.7 Å². The Morgan fingerprint density at radius 1 is 1.14 bits per heavy atom. The van der Waals surface area contributed by atoms with E-state index in [0.29, 0.717) is 31.6 Å². The van der Waals surface area contributed by atoms with Crippen LogP contribution in [0.25, 0.3) is 0 Å². The van der Waals surface area contributed by atoms with Crippen LogP contribution in [0.2, 0.25) is 0 Å². The summed E-state index contributed by atoms with van der Waals surface area (Å²) in [5.41, 5.74) is -0.459. The molecule has 0 N–H and O–H groups in total. The van der Waals surface area contributed by atoms with Gasteiger partial charge in [0, 0.05) is 24.7 Å². The lowest BCUT2D eigenvalue weighted by Crippen LogP contribution is -2.54. The molecule has 1 saturated carbocycles. The molecular weight excluding hydrogens is 389 g/mol. The van der Waals surface area contributed by atoms with Gasteiger partial charge in [0.15, 0.2) is 0 Å². The van der Waals surface area contributed by atoms with Crippen LogP contribution >= 0.6 is 11.8 Å². The van der Waals surface area contributed by atoms with Gasteiger partial charge in [-0.25, -0.2) is 0 Å². The van der Waals surface area contributed by atoms with Crippen LogP contribution < -0.4 is 4.90 Å². The zero-order chi connectivity index (χ0) is 19.9. The third-order valence-corrected chi connectivity index (χ3v) is 7.63. The normalized spacial score (nSPS) is 23.0. The lowest BCUT2D eigenvalue weighted by Gasteiger charge is -2.44. The van der Waals surface area contributed by atoms with Gasteiger partial charge in [0.1, 0.15) is 0 Å². The predicted molar refractivity (Wildman–Crippen MR) is 102 cm³/mol. The molecule has 3 fully saturated rings. The summed E-state index contributed by atoms with van der Waals surface area (Å²) in [7, 11) is 0. The number of anilines is 1. The van der Waals surface area contributed by atoms with Gasteiger partial charge in [0.05, 0.1) is 16.2 Å². The molecule has 0 aromatic heterocycles. The molecule has 0 bridgehead atoms. The van der Waals surface area contributed by atoms with Crippen LogP contribution in [0.3, 0.4) is 0 Å². The highest BCUT2D eigenvalue weighted by molar-refractivity contribution is 8.02. The quantitative estimate of drug-likeness (QED) is 0.728. The van der Waals surface area contributed by atoms with E-state index in [0.717, 1.165) is 37.8 Å². The number of carbonyl (C=O) groups excluding carboxylic acids is 2. The molecular formula is C20H23F3N2O2S. The maximum atomic E-state index is 13.1. The number of thioether (sulfide) groups is 1. The number of benzene rings is 1. The Labute approximate surface area is 166 Å². The second kappa shape index (κ2) is 7.28. The third-order valence-electron chi connectivity index (χ3n) is 6.11. The number of carbonyl (C=O) groups is 2. The van der Waals surface area contributed by atoms with Crippen molar-refractivity contribution in [2.45, 2.75) is 49.6 Å². The first-order valence-electron chi connectivity index (χ1n) is 9.73. The van der Waals surface area contributed by atoms with Crippen LogP contribution in [0, 0.1) is 5.92 Å². The van der Waals surface area contributed by atoms with Gasteiger partial charge in [-0.3, -0.25) is 14.5 Å². The average Bonchev–Trinajstić information content (AvgIpc) is 3.30. The maximum absolute atomic E-state index is 13.1. The number of nitrogens with zero attached hydrogens (tertiary/aromatic N) is 2. The molecule has 2 amide bonds. The van der Waals surface area contributed by atoms with Gasteiger partial charge >= 0.3 is 6.18 Å². The number of hydrogen-bond donors (Lipinski definition) is 0. The molecule has 0 atom stereocenters. The van der Waals surface area contributed by atoms with Gasteiger partial charge in [-0.15, -0.1) is 11.8 Å². The highest BCUT2D eigenvalue weighted by atomic mass is 32.2. The maximum Gasteiger partial charge on any atom is 0.416 e. The Morgan fingerprint density at radius 3 is 2.46 bits per heavy atom. The number of likely N-dealkylation sites (tertiary alicyclic amines) is 1. The molecule has 1 aromatic rings. The van der Waals surface area contributed by atoms with E-state index < -0.39 is 16.6 Å². The van der Waals surface area contributed by atoms with Gasteiger partial charge in [0.2, 0.25) is 11.8 Å². The van der Waals surface area contributed by atoms with Gasteiger partial charge in [-0.2, -0.15) is 13.2 Å². The van der Waals surface area contributed by atoms with Crippen molar-refractivity contribution in [3.05, 3.63) is 29.8 Å². The number of hydrogen-bond acceptors (Lipinski definition) is 3. The summed E-state index contributed by atoms with van der Waals surface area (Å²) >= 11 is 1.49. The van der Waals surface area contributed by atoms with Gasteiger partial charge < -0.3 is 4.90 Å². The fourth-order valence-corrected chi connectivity index (χ4v) is 5.96. The first-order chi connectivity index (χ1) is 13.3. The van der Waals surface area contributed by atoms with Crippen LogP contribution in [0.1, 0.15) is 44.1 Å². The molecule has 0 radical (unpaired) electrons. The molecule has 1 aliphatic carbocycles. The minimum atomic E-state index is -4.45. The Bertz CT molecular complexity index is 769. The van der Waals surface area contributed by atoms with E-state index >= 15 is 0 Å². The molecule has 28 heavy (non-hydrogen) atoms. The number of piperidine rings is 1. The van der Waals surface area contributed by atoms with Crippen LogP contribution in [-0.4, -0.2) is 40.4 Å². The van der Waals surface area contributed by atoms with E-state index in [4.69, 9.17) is 0 Å². The van der Waals surface area contributed by atoms with E-state index in [9.17, 15) is 22.8 Å². The second-order valence-corrected chi connectivity index (χ2v) is 9.16. The molecule has 2 heterocycles. The van der Waals surface area contributed by atoms with E-state index in [1.165, 1.54) is 17.8 Å². The van der Waals surface area contributed by atoms with E-state index in [2.05, 4.69) is 0 Å². The number of amides is 2. The van der Waals surface area contributed by atoms with Crippen LogP contribution in [0.4, 0.5) is 18.9 Å². The minimum Gasteiger partial charge on any atom is -0.342 e. The van der Waals surface area contributed by atoms with E-state index in [-0.39, 0.29) is 23.5 Å². The largest absolute Gasteiger partial charge is 0.416 e. The Hall–Kier alpha value is -1.70. The Balaban J connectivity index is 1.53. The van der Waals surface area contributed by atoms with Gasteiger partial charge in [0.25, 0.3) is 0 Å². The summed E-state index contributed by atoms with van der Waals surface area (Å²) in [5.74, 6) is 0.408. The number of halogens is 3. The Morgan fingerprint density at radius 2 is 1.82 bits per heavy atom. The summed E-state index contributed by atoms with van der Waals surface area (Å²) in [4.78, 5) is 28.1. The minimum absolute atomic E-state index is 0.117. The monoisotopic (exact) mass is 412 g/mol. The van der Waals surface area contributed by atoms with Crippen LogP contribution in [0.15, 0.2) is 24.3 Å². The van der Waals surface area contributed by atoms with Crippen molar-refractivity contribution < 1.29 is 22.8 Å². The van der Waals surface area contributed by atoms with E-state index in [1.807, 2.05) is 4.90 Å². The average molecular weight is 412 g/mol. The molecule has 4 nitrogen and oxygen atoms in total. The van der Waals surface area contributed by atoms with Crippen molar-refractivity contribution >= 4 is 29.3 Å². The topological polar surface area (TPSA) is 40.6 Å². The fraction of sp³-hybridized carbons (Fsp3) is 0.600. The highest BCUT2D eigenvalue weighted by Gasteiger charge is 2.49. The van der Waals surface area contributed by atoms with Gasteiger partial charge in [-0.05, 0) is 43.9 Å². The summed E-state index contributed by atoms with van der Waals surface area (Å²) < 4.78 is 39.4. The van der Waals surface area contributed by atoms with Crippen molar-refractivity contribution in [1.29, 1.82) is 0 Å². The molecule has 1 aromatic carbocycles. The SMILES string of the molecule is O=C(C1CCCC1)N1CCC2(CC1)SCC(=O)N2c1cccc(C(F)(F)F)c1. The lowest BCUT2D eigenvalue weighted by atomic mass is 9.98.